The molecule has 0 unspecified atom stereocenters. The lowest BCUT2D eigenvalue weighted by Crippen LogP contribution is -2.30. The quantitative estimate of drug-likeness (QED) is 0.503. The predicted octanol–water partition coefficient (Wildman–Crippen LogP) is -0.962. The van der Waals surface area contributed by atoms with E-state index in [9.17, 15) is 10.0 Å². The van der Waals surface area contributed by atoms with Crippen LogP contribution in [-0.4, -0.2) is 41.9 Å². The highest BCUT2D eigenvalue weighted by atomic mass is 16.4. The first-order chi connectivity index (χ1) is 8.65. The van der Waals surface area contributed by atoms with Crippen molar-refractivity contribution in [3.05, 3.63) is 24.7 Å². The molecule has 3 aromatic rings. The number of aromatic nitrogens is 5. The van der Waals surface area contributed by atoms with E-state index < -0.39 is 7.12 Å². The highest BCUT2D eigenvalue weighted by Gasteiger charge is 2.18. The minimum atomic E-state index is -1.56. The summed E-state index contributed by atoms with van der Waals surface area (Å²) < 4.78 is 1.66. The molecule has 3 aromatic heterocycles. The number of nitrogens with zero attached hydrogens (tertiary/aromatic N) is 4. The minimum Gasteiger partial charge on any atom is -0.423 e. The summed E-state index contributed by atoms with van der Waals surface area (Å²) in [7, 11) is 0.255. The molecule has 0 spiro atoms. The van der Waals surface area contributed by atoms with Crippen LogP contribution in [0.4, 0.5) is 0 Å². The number of imidazole rings is 1. The maximum atomic E-state index is 9.27. The third-order valence-electron chi connectivity index (χ3n) is 2.68. The second-order valence-electron chi connectivity index (χ2n) is 3.96. The summed E-state index contributed by atoms with van der Waals surface area (Å²) in [5.74, 6) is 0.596. The lowest BCUT2D eigenvalue weighted by molar-refractivity contribution is 0.426. The van der Waals surface area contributed by atoms with E-state index in [0.29, 0.717) is 22.5 Å². The summed E-state index contributed by atoms with van der Waals surface area (Å²) in [6, 6.07) is 1.54. The normalized spacial score (nSPS) is 11.1. The molecule has 0 aliphatic carbocycles. The molecule has 0 saturated heterocycles. The van der Waals surface area contributed by atoms with Crippen LogP contribution in [0.25, 0.3) is 22.6 Å². The number of fused-ring (bicyclic) bond motifs is 1. The van der Waals surface area contributed by atoms with E-state index in [4.69, 9.17) is 0 Å². The Bertz CT molecular complexity index is 705. The largest absolute Gasteiger partial charge is 0.490 e. The summed E-state index contributed by atoms with van der Waals surface area (Å²) >= 11 is 0. The van der Waals surface area contributed by atoms with Crippen molar-refractivity contribution in [3.8, 4) is 11.4 Å². The maximum Gasteiger partial charge on any atom is 0.490 e. The molecule has 0 amide bonds. The molecule has 0 saturated carbocycles. The fourth-order valence-electron chi connectivity index (χ4n) is 1.83. The zero-order chi connectivity index (χ0) is 12.7. The van der Waals surface area contributed by atoms with Gasteiger partial charge in [0.1, 0.15) is 5.82 Å². The molecule has 0 radical (unpaired) electrons. The summed E-state index contributed by atoms with van der Waals surface area (Å²) in [4.78, 5) is 11.4. The van der Waals surface area contributed by atoms with Crippen LogP contribution in [0.1, 0.15) is 0 Å². The number of nitrogens with one attached hydrogen (secondary N) is 1. The van der Waals surface area contributed by atoms with Crippen molar-refractivity contribution in [1.82, 2.24) is 24.7 Å². The number of H-pyrrole nitrogens is 1. The molecule has 18 heavy (non-hydrogen) atoms. The topological polar surface area (TPSA) is 99.9 Å². The lowest BCUT2D eigenvalue weighted by Gasteiger charge is -1.98. The molecule has 0 aliphatic heterocycles. The van der Waals surface area contributed by atoms with Crippen molar-refractivity contribution >= 4 is 23.7 Å². The van der Waals surface area contributed by atoms with Crippen LogP contribution in [0.15, 0.2) is 24.7 Å². The van der Waals surface area contributed by atoms with Gasteiger partial charge in [-0.25, -0.2) is 9.97 Å². The number of aryl methyl sites for hydroxylation is 1. The van der Waals surface area contributed by atoms with Gasteiger partial charge in [0.15, 0.2) is 5.65 Å². The van der Waals surface area contributed by atoms with E-state index in [2.05, 4.69) is 20.1 Å². The van der Waals surface area contributed by atoms with Crippen LogP contribution >= 0.6 is 0 Å². The van der Waals surface area contributed by atoms with Crippen LogP contribution in [0.3, 0.4) is 0 Å². The Hall–Kier alpha value is -2.19. The van der Waals surface area contributed by atoms with Gasteiger partial charge in [-0.15, -0.1) is 0 Å². The van der Waals surface area contributed by atoms with Crippen molar-refractivity contribution in [3.63, 3.8) is 0 Å². The Morgan fingerprint density at radius 1 is 1.39 bits per heavy atom. The third-order valence-corrected chi connectivity index (χ3v) is 2.68. The summed E-state index contributed by atoms with van der Waals surface area (Å²) in [5.41, 5.74) is 2.13. The van der Waals surface area contributed by atoms with Gasteiger partial charge in [0.2, 0.25) is 0 Å². The summed E-state index contributed by atoms with van der Waals surface area (Å²) in [6.07, 6.45) is 4.98. The molecule has 0 fully saturated rings. The van der Waals surface area contributed by atoms with Crippen LogP contribution in [0.5, 0.6) is 0 Å². The number of pyridine rings is 1. The van der Waals surface area contributed by atoms with Crippen molar-refractivity contribution in [1.29, 1.82) is 0 Å². The van der Waals surface area contributed by atoms with Gasteiger partial charge in [-0.3, -0.25) is 4.68 Å². The average molecular weight is 243 g/mol. The lowest BCUT2D eigenvalue weighted by atomic mass is 9.80. The van der Waals surface area contributed by atoms with Gasteiger partial charge in [0.25, 0.3) is 0 Å². The first-order valence-corrected chi connectivity index (χ1v) is 5.35. The predicted molar refractivity (Wildman–Crippen MR) is 65.9 cm³/mol. The Labute approximate surface area is 102 Å². The monoisotopic (exact) mass is 243 g/mol. The first kappa shape index (κ1) is 10.9. The van der Waals surface area contributed by atoms with Gasteiger partial charge in [0, 0.05) is 24.9 Å². The number of hydrogen-bond acceptors (Lipinski definition) is 5. The molecule has 0 aliphatic rings. The zero-order valence-corrected chi connectivity index (χ0v) is 9.57. The number of aromatic amines is 1. The fraction of sp³-hybridized carbons (Fsp3) is 0.100. The van der Waals surface area contributed by atoms with Crippen molar-refractivity contribution in [2.24, 2.45) is 7.05 Å². The Balaban J connectivity index is 2.19. The Kier molecular flexibility index (Phi) is 2.39. The minimum absolute atomic E-state index is 0.350. The van der Waals surface area contributed by atoms with E-state index in [-0.39, 0.29) is 0 Å². The number of rotatable bonds is 2. The second-order valence-corrected chi connectivity index (χ2v) is 3.96. The van der Waals surface area contributed by atoms with Gasteiger partial charge >= 0.3 is 7.12 Å². The van der Waals surface area contributed by atoms with Gasteiger partial charge in [-0.05, 0) is 6.07 Å². The van der Waals surface area contributed by atoms with E-state index in [1.165, 1.54) is 12.3 Å². The SMILES string of the molecule is Cn1cc(-c2nc3nccc(B(O)O)c3[nH]2)cn1. The second kappa shape index (κ2) is 3.93. The molecule has 8 heteroatoms. The van der Waals surface area contributed by atoms with E-state index >= 15 is 0 Å². The van der Waals surface area contributed by atoms with Crippen LogP contribution < -0.4 is 5.46 Å². The van der Waals surface area contributed by atoms with Gasteiger partial charge in [-0.2, -0.15) is 5.10 Å². The fourth-order valence-corrected chi connectivity index (χ4v) is 1.83. The van der Waals surface area contributed by atoms with E-state index in [1.807, 2.05) is 13.2 Å². The van der Waals surface area contributed by atoms with Crippen molar-refractivity contribution in [2.45, 2.75) is 0 Å². The molecule has 0 atom stereocenters. The van der Waals surface area contributed by atoms with Gasteiger partial charge < -0.3 is 15.0 Å². The molecule has 3 rings (SSSR count). The molecule has 3 N–H and O–H groups in total. The number of hydrogen-bond donors (Lipinski definition) is 3. The zero-order valence-electron chi connectivity index (χ0n) is 9.57. The maximum absolute atomic E-state index is 9.27. The Morgan fingerprint density at radius 3 is 2.89 bits per heavy atom. The average Bonchev–Trinajstić information content (AvgIpc) is 2.93. The molecular weight excluding hydrogens is 233 g/mol. The highest BCUT2D eigenvalue weighted by Crippen LogP contribution is 2.17. The molecular formula is C10H10BN5O2. The van der Waals surface area contributed by atoms with E-state index in [0.717, 1.165) is 5.56 Å². The first-order valence-electron chi connectivity index (χ1n) is 5.35. The molecule has 0 aromatic carbocycles. The third kappa shape index (κ3) is 1.67. The highest BCUT2D eigenvalue weighted by molar-refractivity contribution is 6.61. The van der Waals surface area contributed by atoms with Crippen LogP contribution in [0, 0.1) is 0 Å². The summed E-state index contributed by atoms with van der Waals surface area (Å²) in [6.45, 7) is 0. The van der Waals surface area contributed by atoms with Crippen LogP contribution in [0.2, 0.25) is 0 Å². The molecule has 7 nitrogen and oxygen atoms in total. The van der Waals surface area contributed by atoms with E-state index in [1.54, 1.807) is 10.9 Å². The Morgan fingerprint density at radius 2 is 2.22 bits per heavy atom. The molecule has 90 valence electrons. The van der Waals surface area contributed by atoms with Crippen LogP contribution in [-0.2, 0) is 7.05 Å². The standard InChI is InChI=1S/C10H10BN5O2/c1-16-5-6(4-13-16)9-14-8-7(11(17)18)2-3-12-10(8)15-9/h2-5,17-18H,1H3,(H,12,14,15). The molecule has 0 bridgehead atoms. The van der Waals surface area contributed by atoms with Gasteiger partial charge in [-0.1, -0.05) is 0 Å². The molecule has 3 heterocycles. The van der Waals surface area contributed by atoms with Crippen molar-refractivity contribution in [2.75, 3.05) is 0 Å². The summed E-state index contributed by atoms with van der Waals surface area (Å²) in [5, 5.41) is 22.6. The van der Waals surface area contributed by atoms with Crippen molar-refractivity contribution < 1.29 is 10.0 Å². The van der Waals surface area contributed by atoms with Gasteiger partial charge in [0.05, 0.1) is 17.3 Å². The smallest absolute Gasteiger partial charge is 0.423 e.